The largest absolute Gasteiger partial charge is 0.336 e. The van der Waals surface area contributed by atoms with Gasteiger partial charge in [-0.25, -0.2) is 8.42 Å². The Balaban J connectivity index is 1.73. The van der Waals surface area contributed by atoms with Gasteiger partial charge in [-0.15, -0.1) is 0 Å². The van der Waals surface area contributed by atoms with Crippen LogP contribution in [0.3, 0.4) is 0 Å². The summed E-state index contributed by atoms with van der Waals surface area (Å²) in [6, 6.07) is 15.0. The van der Waals surface area contributed by atoms with Crippen LogP contribution < -0.4 is 4.72 Å². The first-order chi connectivity index (χ1) is 12.0. The second kappa shape index (κ2) is 7.27. The van der Waals surface area contributed by atoms with E-state index >= 15 is 0 Å². The number of rotatable bonds is 4. The predicted octanol–water partition coefficient (Wildman–Crippen LogP) is 3.50. The van der Waals surface area contributed by atoms with Gasteiger partial charge in [0.25, 0.3) is 15.9 Å². The van der Waals surface area contributed by atoms with Crippen LogP contribution in [0, 0.1) is 0 Å². The Labute approximate surface area is 148 Å². The van der Waals surface area contributed by atoms with Gasteiger partial charge in [-0.3, -0.25) is 9.52 Å². The number of sulfonamides is 1. The highest BCUT2D eigenvalue weighted by Gasteiger charge is 2.24. The molecule has 0 saturated carbocycles. The molecular formula is C19H22N2O3S. The Morgan fingerprint density at radius 2 is 1.72 bits per heavy atom. The van der Waals surface area contributed by atoms with Crippen LogP contribution >= 0.6 is 0 Å². The minimum atomic E-state index is -3.62. The van der Waals surface area contributed by atoms with Crippen LogP contribution in [0.1, 0.15) is 36.5 Å². The van der Waals surface area contributed by atoms with Gasteiger partial charge < -0.3 is 4.90 Å². The average molecular weight is 358 g/mol. The maximum absolute atomic E-state index is 12.6. The topological polar surface area (TPSA) is 66.5 Å². The molecular weight excluding hydrogens is 336 g/mol. The zero-order valence-corrected chi connectivity index (χ0v) is 15.0. The number of carbonyl (C=O) groups excluding carboxylic acids is 1. The van der Waals surface area contributed by atoms with E-state index in [4.69, 9.17) is 0 Å². The first kappa shape index (κ1) is 17.5. The summed E-state index contributed by atoms with van der Waals surface area (Å²) in [5.41, 5.74) is 1.02. The molecule has 0 spiro atoms. The van der Waals surface area contributed by atoms with Gasteiger partial charge in [-0.2, -0.15) is 0 Å². The lowest BCUT2D eigenvalue weighted by Gasteiger charge is -2.33. The molecule has 1 aliphatic rings. The van der Waals surface area contributed by atoms with E-state index in [0.29, 0.717) is 11.3 Å². The Morgan fingerprint density at radius 3 is 2.36 bits per heavy atom. The molecule has 2 aromatic rings. The van der Waals surface area contributed by atoms with Gasteiger partial charge in [0.1, 0.15) is 0 Å². The number of nitrogens with zero attached hydrogens (tertiary/aromatic N) is 1. The number of nitrogens with one attached hydrogen (secondary N) is 1. The molecule has 1 saturated heterocycles. The fourth-order valence-electron chi connectivity index (χ4n) is 3.06. The summed E-state index contributed by atoms with van der Waals surface area (Å²) in [5.74, 6) is 0.00432. The van der Waals surface area contributed by atoms with Crippen LogP contribution in [-0.4, -0.2) is 31.8 Å². The SMILES string of the molecule is C[C@@H]1CCCCN1C(=O)c1ccc(NS(=O)(=O)c2ccccc2)cc1. The molecule has 0 radical (unpaired) electrons. The van der Waals surface area contributed by atoms with Crippen LogP contribution in [0.15, 0.2) is 59.5 Å². The van der Waals surface area contributed by atoms with Crippen molar-refractivity contribution in [1.82, 2.24) is 4.90 Å². The van der Waals surface area contributed by atoms with Crippen LogP contribution in [0.5, 0.6) is 0 Å². The second-order valence-electron chi connectivity index (χ2n) is 6.34. The van der Waals surface area contributed by atoms with Gasteiger partial charge in [-0.1, -0.05) is 18.2 Å². The fraction of sp³-hybridized carbons (Fsp3) is 0.316. The maximum atomic E-state index is 12.6. The molecule has 1 N–H and O–H groups in total. The first-order valence-electron chi connectivity index (χ1n) is 8.46. The number of hydrogen-bond donors (Lipinski definition) is 1. The Morgan fingerprint density at radius 1 is 1.04 bits per heavy atom. The molecule has 0 aromatic heterocycles. The molecule has 1 fully saturated rings. The lowest BCUT2D eigenvalue weighted by molar-refractivity contribution is 0.0635. The number of benzene rings is 2. The normalized spacial score (nSPS) is 18.0. The first-order valence-corrected chi connectivity index (χ1v) is 9.94. The summed E-state index contributed by atoms with van der Waals surface area (Å²) in [6.07, 6.45) is 3.22. The van der Waals surface area contributed by atoms with E-state index in [0.717, 1.165) is 25.8 Å². The van der Waals surface area contributed by atoms with Gasteiger partial charge in [0.05, 0.1) is 4.90 Å². The monoisotopic (exact) mass is 358 g/mol. The summed E-state index contributed by atoms with van der Waals surface area (Å²) >= 11 is 0. The van der Waals surface area contributed by atoms with Crippen LogP contribution in [0.2, 0.25) is 0 Å². The standard InChI is InChI=1S/C19H22N2O3S/c1-15-7-5-6-14-21(15)19(22)16-10-12-17(13-11-16)20-25(23,24)18-8-3-2-4-9-18/h2-4,8-13,15,20H,5-7,14H2,1H3/t15-/m1/s1. The Bertz CT molecular complexity index is 833. The molecule has 2 aromatic carbocycles. The molecule has 1 amide bonds. The van der Waals surface area contributed by atoms with E-state index < -0.39 is 10.0 Å². The minimum absolute atomic E-state index is 0.00432. The lowest BCUT2D eigenvalue weighted by Crippen LogP contribution is -2.42. The van der Waals surface area contributed by atoms with E-state index in [9.17, 15) is 13.2 Å². The molecule has 0 unspecified atom stereocenters. The average Bonchev–Trinajstić information content (AvgIpc) is 2.63. The smallest absolute Gasteiger partial charge is 0.261 e. The third-order valence-corrected chi connectivity index (χ3v) is 5.90. The van der Waals surface area contributed by atoms with Crippen molar-refractivity contribution < 1.29 is 13.2 Å². The van der Waals surface area contributed by atoms with E-state index in [1.54, 1.807) is 42.5 Å². The van der Waals surface area contributed by atoms with Crippen molar-refractivity contribution in [2.45, 2.75) is 37.1 Å². The summed E-state index contributed by atoms with van der Waals surface area (Å²) in [5, 5.41) is 0. The molecule has 0 aliphatic carbocycles. The highest BCUT2D eigenvalue weighted by molar-refractivity contribution is 7.92. The number of amides is 1. The van der Waals surface area contributed by atoms with Gasteiger partial charge >= 0.3 is 0 Å². The second-order valence-corrected chi connectivity index (χ2v) is 8.02. The van der Waals surface area contributed by atoms with Crippen molar-refractivity contribution in [3.8, 4) is 0 Å². The third kappa shape index (κ3) is 4.02. The van der Waals surface area contributed by atoms with Crippen LogP contribution in [-0.2, 0) is 10.0 Å². The Hall–Kier alpha value is -2.34. The molecule has 1 aliphatic heterocycles. The summed E-state index contributed by atoms with van der Waals surface area (Å²) in [7, 11) is -3.62. The molecule has 25 heavy (non-hydrogen) atoms. The van der Waals surface area contributed by atoms with E-state index in [1.165, 1.54) is 12.1 Å². The summed E-state index contributed by atoms with van der Waals surface area (Å²) in [6.45, 7) is 2.85. The molecule has 6 heteroatoms. The van der Waals surface area contributed by atoms with Crippen LogP contribution in [0.4, 0.5) is 5.69 Å². The minimum Gasteiger partial charge on any atom is -0.336 e. The van der Waals surface area contributed by atoms with Gasteiger partial charge in [0, 0.05) is 23.8 Å². The number of anilines is 1. The van der Waals surface area contributed by atoms with Crippen molar-refractivity contribution in [3.63, 3.8) is 0 Å². The van der Waals surface area contributed by atoms with E-state index in [1.807, 2.05) is 4.90 Å². The molecule has 5 nitrogen and oxygen atoms in total. The van der Waals surface area contributed by atoms with Gasteiger partial charge in [-0.05, 0) is 62.6 Å². The Kier molecular flexibility index (Phi) is 5.08. The highest BCUT2D eigenvalue weighted by atomic mass is 32.2. The number of likely N-dealkylation sites (tertiary alicyclic amines) is 1. The van der Waals surface area contributed by atoms with Crippen LogP contribution in [0.25, 0.3) is 0 Å². The summed E-state index contributed by atoms with van der Waals surface area (Å²) in [4.78, 5) is 14.7. The van der Waals surface area contributed by atoms with Gasteiger partial charge in [0.2, 0.25) is 0 Å². The molecule has 132 valence electrons. The quantitative estimate of drug-likeness (QED) is 0.910. The van der Waals surface area contributed by atoms with Crippen molar-refractivity contribution in [1.29, 1.82) is 0 Å². The maximum Gasteiger partial charge on any atom is 0.261 e. The van der Waals surface area contributed by atoms with Gasteiger partial charge in [0.15, 0.2) is 0 Å². The zero-order chi connectivity index (χ0) is 17.9. The molecule has 1 atom stereocenters. The predicted molar refractivity (Wildman–Crippen MR) is 98.0 cm³/mol. The number of hydrogen-bond acceptors (Lipinski definition) is 3. The number of carbonyl (C=O) groups is 1. The van der Waals surface area contributed by atoms with Crippen molar-refractivity contribution in [2.24, 2.45) is 0 Å². The van der Waals surface area contributed by atoms with E-state index in [-0.39, 0.29) is 16.8 Å². The van der Waals surface area contributed by atoms with Crippen molar-refractivity contribution in [2.75, 3.05) is 11.3 Å². The third-order valence-electron chi connectivity index (χ3n) is 4.50. The fourth-order valence-corrected chi connectivity index (χ4v) is 4.14. The lowest BCUT2D eigenvalue weighted by atomic mass is 10.0. The molecule has 0 bridgehead atoms. The summed E-state index contributed by atoms with van der Waals surface area (Å²) < 4.78 is 27.2. The van der Waals surface area contributed by atoms with E-state index in [2.05, 4.69) is 11.6 Å². The van der Waals surface area contributed by atoms with Crippen molar-refractivity contribution in [3.05, 3.63) is 60.2 Å². The molecule has 3 rings (SSSR count). The zero-order valence-electron chi connectivity index (χ0n) is 14.2. The van der Waals surface area contributed by atoms with Crippen molar-refractivity contribution >= 4 is 21.6 Å². The highest BCUT2D eigenvalue weighted by Crippen LogP contribution is 2.21. The molecule has 1 heterocycles. The number of piperidine rings is 1.